The number of nitrogens with zero attached hydrogens (tertiary/aromatic N) is 2. The number of nitrogens with one attached hydrogen (secondary N) is 1. The van der Waals surface area contributed by atoms with Gasteiger partial charge in [-0.25, -0.2) is 0 Å². The van der Waals surface area contributed by atoms with Crippen LogP contribution in [0.5, 0.6) is 5.75 Å². The van der Waals surface area contributed by atoms with E-state index < -0.39 is 5.91 Å². The van der Waals surface area contributed by atoms with Crippen LogP contribution in [-0.2, 0) is 4.79 Å². The highest BCUT2D eigenvalue weighted by Crippen LogP contribution is 2.35. The summed E-state index contributed by atoms with van der Waals surface area (Å²) in [6, 6.07) is 6.85. The molecule has 1 amide bonds. The minimum absolute atomic E-state index is 0.0256. The standard InChI is InChI=1S/C15H13BrClN3O2/c1-9(2)20-15(21)11(8-19)5-10-6-12(16)14(13(17)7-10)22-4-3-18/h5-7,9H,4H2,1-2H3,(H,20,21)/b11-5-. The molecular formula is C15H13BrClN3O2. The predicted molar refractivity (Wildman–Crippen MR) is 87.1 cm³/mol. The summed E-state index contributed by atoms with van der Waals surface area (Å²) in [6.45, 7) is 3.48. The predicted octanol–water partition coefficient (Wildman–Crippen LogP) is 3.44. The largest absolute Gasteiger partial charge is 0.476 e. The van der Waals surface area contributed by atoms with Crippen molar-refractivity contribution >= 4 is 39.5 Å². The van der Waals surface area contributed by atoms with E-state index in [1.165, 1.54) is 6.08 Å². The highest BCUT2D eigenvalue weighted by atomic mass is 79.9. The Balaban J connectivity index is 3.12. The van der Waals surface area contributed by atoms with Crippen LogP contribution < -0.4 is 10.1 Å². The Kier molecular flexibility index (Phi) is 6.91. The van der Waals surface area contributed by atoms with Gasteiger partial charge in [-0.3, -0.25) is 4.79 Å². The first kappa shape index (κ1) is 18.0. The molecule has 1 aromatic rings. The number of hydrogen-bond donors (Lipinski definition) is 1. The molecule has 0 aromatic heterocycles. The van der Waals surface area contributed by atoms with E-state index in [0.717, 1.165) is 0 Å². The van der Waals surface area contributed by atoms with Gasteiger partial charge >= 0.3 is 0 Å². The molecule has 0 aliphatic rings. The molecule has 0 saturated heterocycles. The molecular weight excluding hydrogens is 370 g/mol. The number of benzene rings is 1. The van der Waals surface area contributed by atoms with Crippen molar-refractivity contribution in [3.8, 4) is 17.9 Å². The van der Waals surface area contributed by atoms with Gasteiger partial charge in [0, 0.05) is 6.04 Å². The van der Waals surface area contributed by atoms with E-state index in [4.69, 9.17) is 26.9 Å². The van der Waals surface area contributed by atoms with Gasteiger partial charge in [-0.2, -0.15) is 10.5 Å². The van der Waals surface area contributed by atoms with E-state index in [0.29, 0.717) is 15.8 Å². The molecule has 1 aromatic carbocycles. The van der Waals surface area contributed by atoms with Crippen molar-refractivity contribution in [3.05, 3.63) is 32.8 Å². The van der Waals surface area contributed by atoms with Crippen LogP contribution in [0.2, 0.25) is 5.02 Å². The normalized spacial score (nSPS) is 10.8. The van der Waals surface area contributed by atoms with Gasteiger partial charge in [-0.05, 0) is 53.5 Å². The van der Waals surface area contributed by atoms with Crippen LogP contribution in [0.15, 0.2) is 22.2 Å². The summed E-state index contributed by atoms with van der Waals surface area (Å²) in [6.07, 6.45) is 1.43. The number of rotatable bonds is 5. The third-order valence-corrected chi connectivity index (χ3v) is 3.27. The van der Waals surface area contributed by atoms with Crippen molar-refractivity contribution in [3.63, 3.8) is 0 Å². The molecule has 0 aliphatic heterocycles. The molecule has 0 fully saturated rings. The van der Waals surface area contributed by atoms with Gasteiger partial charge in [0.1, 0.15) is 17.7 Å². The maximum atomic E-state index is 11.9. The van der Waals surface area contributed by atoms with E-state index in [1.807, 2.05) is 26.0 Å². The lowest BCUT2D eigenvalue weighted by Crippen LogP contribution is -2.30. The number of ether oxygens (including phenoxy) is 1. The third-order valence-electron chi connectivity index (χ3n) is 2.40. The first-order chi connectivity index (χ1) is 10.4. The summed E-state index contributed by atoms with van der Waals surface area (Å²) >= 11 is 9.37. The molecule has 0 bridgehead atoms. The van der Waals surface area contributed by atoms with Gasteiger partial charge in [0.25, 0.3) is 5.91 Å². The molecule has 0 aliphatic carbocycles. The van der Waals surface area contributed by atoms with E-state index in [-0.39, 0.29) is 23.2 Å². The Labute approximate surface area is 142 Å². The van der Waals surface area contributed by atoms with Crippen LogP contribution in [0.25, 0.3) is 6.08 Å². The lowest BCUT2D eigenvalue weighted by Gasteiger charge is -2.09. The number of carbonyl (C=O) groups is 1. The summed E-state index contributed by atoms with van der Waals surface area (Å²) in [5, 5.41) is 20.5. The van der Waals surface area contributed by atoms with Crippen molar-refractivity contribution < 1.29 is 9.53 Å². The van der Waals surface area contributed by atoms with Crippen molar-refractivity contribution in [2.45, 2.75) is 19.9 Å². The first-order valence-corrected chi connectivity index (χ1v) is 7.47. The molecule has 5 nitrogen and oxygen atoms in total. The molecule has 1 rings (SSSR count). The fraction of sp³-hybridized carbons (Fsp3) is 0.267. The fourth-order valence-corrected chi connectivity index (χ4v) is 2.55. The zero-order valence-corrected chi connectivity index (χ0v) is 14.3. The summed E-state index contributed by atoms with van der Waals surface area (Å²) in [5.41, 5.74) is 0.541. The second kappa shape index (κ2) is 8.43. The summed E-state index contributed by atoms with van der Waals surface area (Å²) in [4.78, 5) is 11.9. The zero-order valence-electron chi connectivity index (χ0n) is 12.0. The molecule has 0 atom stereocenters. The third kappa shape index (κ3) is 5.07. The number of hydrogen-bond acceptors (Lipinski definition) is 4. The van der Waals surface area contributed by atoms with Crippen molar-refractivity contribution in [1.82, 2.24) is 5.32 Å². The van der Waals surface area contributed by atoms with Gasteiger partial charge in [-0.1, -0.05) is 11.6 Å². The molecule has 0 spiro atoms. The van der Waals surface area contributed by atoms with Crippen LogP contribution in [0.4, 0.5) is 0 Å². The highest BCUT2D eigenvalue weighted by molar-refractivity contribution is 9.10. The summed E-state index contributed by atoms with van der Waals surface area (Å²) in [7, 11) is 0. The molecule has 1 N–H and O–H groups in total. The Morgan fingerprint density at radius 3 is 2.68 bits per heavy atom. The fourth-order valence-electron chi connectivity index (χ4n) is 1.56. The monoisotopic (exact) mass is 381 g/mol. The average molecular weight is 383 g/mol. The van der Waals surface area contributed by atoms with Crippen LogP contribution in [0.3, 0.4) is 0 Å². The lowest BCUT2D eigenvalue weighted by molar-refractivity contribution is -0.117. The van der Waals surface area contributed by atoms with E-state index >= 15 is 0 Å². The summed E-state index contributed by atoms with van der Waals surface area (Å²) < 4.78 is 5.73. The molecule has 7 heteroatoms. The Morgan fingerprint density at radius 2 is 2.18 bits per heavy atom. The number of nitriles is 2. The van der Waals surface area contributed by atoms with E-state index in [2.05, 4.69) is 21.2 Å². The molecule has 0 heterocycles. The Morgan fingerprint density at radius 1 is 1.50 bits per heavy atom. The van der Waals surface area contributed by atoms with Gasteiger partial charge in [0.2, 0.25) is 0 Å². The second-order valence-electron chi connectivity index (χ2n) is 4.56. The average Bonchev–Trinajstić information content (AvgIpc) is 2.43. The number of carbonyl (C=O) groups excluding carboxylic acids is 1. The number of halogens is 2. The van der Waals surface area contributed by atoms with Crippen molar-refractivity contribution in [2.75, 3.05) is 6.61 Å². The summed E-state index contributed by atoms with van der Waals surface area (Å²) in [5.74, 6) is -0.111. The van der Waals surface area contributed by atoms with Gasteiger partial charge < -0.3 is 10.1 Å². The van der Waals surface area contributed by atoms with Crippen LogP contribution in [0, 0.1) is 22.7 Å². The van der Waals surface area contributed by atoms with Gasteiger partial charge in [0.15, 0.2) is 12.4 Å². The number of amides is 1. The van der Waals surface area contributed by atoms with E-state index in [9.17, 15) is 4.79 Å². The Bertz CT molecular complexity index is 664. The van der Waals surface area contributed by atoms with Gasteiger partial charge in [-0.15, -0.1) is 0 Å². The van der Waals surface area contributed by atoms with Crippen LogP contribution >= 0.6 is 27.5 Å². The minimum atomic E-state index is -0.449. The van der Waals surface area contributed by atoms with Crippen LogP contribution in [-0.4, -0.2) is 18.6 Å². The molecule has 0 saturated carbocycles. The van der Waals surface area contributed by atoms with Crippen molar-refractivity contribution in [2.24, 2.45) is 0 Å². The lowest BCUT2D eigenvalue weighted by atomic mass is 10.1. The molecule has 0 radical (unpaired) electrons. The quantitative estimate of drug-likeness (QED) is 0.624. The SMILES string of the molecule is CC(C)NC(=O)/C(C#N)=C\c1cc(Cl)c(OCC#N)c(Br)c1. The van der Waals surface area contributed by atoms with Crippen LogP contribution in [0.1, 0.15) is 19.4 Å². The minimum Gasteiger partial charge on any atom is -0.476 e. The molecule has 0 unspecified atom stereocenters. The van der Waals surface area contributed by atoms with E-state index in [1.54, 1.807) is 12.1 Å². The topological polar surface area (TPSA) is 85.9 Å². The zero-order chi connectivity index (χ0) is 16.7. The maximum absolute atomic E-state index is 11.9. The molecule has 22 heavy (non-hydrogen) atoms. The maximum Gasteiger partial charge on any atom is 0.262 e. The first-order valence-electron chi connectivity index (χ1n) is 6.30. The molecule has 114 valence electrons. The Hall–Kier alpha value is -2.02. The van der Waals surface area contributed by atoms with Gasteiger partial charge in [0.05, 0.1) is 9.50 Å². The smallest absolute Gasteiger partial charge is 0.262 e. The second-order valence-corrected chi connectivity index (χ2v) is 5.82. The highest BCUT2D eigenvalue weighted by Gasteiger charge is 2.12. The van der Waals surface area contributed by atoms with Crippen molar-refractivity contribution in [1.29, 1.82) is 10.5 Å².